The molecule has 1 aromatic carbocycles. The number of benzene rings is 1. The summed E-state index contributed by atoms with van der Waals surface area (Å²) in [5.41, 5.74) is -1.02. The van der Waals surface area contributed by atoms with Gasteiger partial charge in [-0.15, -0.1) is 0 Å². The zero-order valence-corrected chi connectivity index (χ0v) is 11.9. The highest BCUT2D eigenvalue weighted by Crippen LogP contribution is 2.22. The summed E-state index contributed by atoms with van der Waals surface area (Å²) >= 11 is 0. The monoisotopic (exact) mass is 287 g/mol. The zero-order chi connectivity index (χ0) is 15.5. The summed E-state index contributed by atoms with van der Waals surface area (Å²) in [6, 6.07) is 11.8. The second-order valence-electron chi connectivity index (χ2n) is 4.87. The molecular formula is C16H17NO4. The first kappa shape index (κ1) is 14.8. The zero-order valence-electron chi connectivity index (χ0n) is 11.9. The van der Waals surface area contributed by atoms with E-state index in [1.165, 1.54) is 6.92 Å². The van der Waals surface area contributed by atoms with E-state index in [4.69, 9.17) is 4.42 Å². The van der Waals surface area contributed by atoms with E-state index < -0.39 is 17.4 Å². The maximum atomic E-state index is 12.2. The standard InChI is InChI=1S/C16H17NO4/c1-3-12-9-10-13(21-12)14(18)17-16(2,15(19)20)11-7-5-4-6-8-11/h4-10H,3H2,1-2H3,(H,17,18)(H,19,20). The molecule has 0 aliphatic rings. The van der Waals surface area contributed by atoms with E-state index in [1.54, 1.807) is 42.5 Å². The normalized spacial score (nSPS) is 13.4. The Balaban J connectivity index is 2.28. The van der Waals surface area contributed by atoms with E-state index in [2.05, 4.69) is 5.32 Å². The average molecular weight is 287 g/mol. The molecular weight excluding hydrogens is 270 g/mol. The van der Waals surface area contributed by atoms with Crippen molar-refractivity contribution < 1.29 is 19.1 Å². The molecule has 1 unspecified atom stereocenters. The number of aryl methyl sites for hydroxylation is 1. The Bertz CT molecular complexity index is 647. The predicted octanol–water partition coefficient (Wildman–Crippen LogP) is 2.57. The molecule has 1 atom stereocenters. The quantitative estimate of drug-likeness (QED) is 0.885. The number of carbonyl (C=O) groups excluding carboxylic acids is 1. The van der Waals surface area contributed by atoms with Crippen LogP contribution in [0.5, 0.6) is 0 Å². The average Bonchev–Trinajstić information content (AvgIpc) is 2.97. The third-order valence-corrected chi connectivity index (χ3v) is 3.38. The number of carboxylic acids is 1. The third kappa shape index (κ3) is 2.97. The van der Waals surface area contributed by atoms with Crippen LogP contribution in [-0.2, 0) is 16.8 Å². The van der Waals surface area contributed by atoms with Crippen LogP contribution in [0.15, 0.2) is 46.9 Å². The van der Waals surface area contributed by atoms with Gasteiger partial charge < -0.3 is 14.8 Å². The lowest BCUT2D eigenvalue weighted by Gasteiger charge is -2.26. The van der Waals surface area contributed by atoms with E-state index in [-0.39, 0.29) is 5.76 Å². The number of aliphatic carboxylic acids is 1. The van der Waals surface area contributed by atoms with Crippen molar-refractivity contribution in [3.63, 3.8) is 0 Å². The SMILES string of the molecule is CCc1ccc(C(=O)NC(C)(C(=O)O)c2ccccc2)o1. The largest absolute Gasteiger partial charge is 0.479 e. The van der Waals surface area contributed by atoms with Gasteiger partial charge in [-0.25, -0.2) is 4.79 Å². The molecule has 5 nitrogen and oxygen atoms in total. The number of amides is 1. The van der Waals surface area contributed by atoms with E-state index in [1.807, 2.05) is 6.92 Å². The predicted molar refractivity (Wildman–Crippen MR) is 77.0 cm³/mol. The highest BCUT2D eigenvalue weighted by Gasteiger charge is 2.37. The summed E-state index contributed by atoms with van der Waals surface area (Å²) in [5.74, 6) is -0.903. The van der Waals surface area contributed by atoms with Gasteiger partial charge in [-0.05, 0) is 24.6 Å². The molecule has 5 heteroatoms. The van der Waals surface area contributed by atoms with Crippen LogP contribution >= 0.6 is 0 Å². The molecule has 0 saturated carbocycles. The minimum Gasteiger partial charge on any atom is -0.479 e. The molecule has 1 amide bonds. The number of rotatable bonds is 5. The lowest BCUT2D eigenvalue weighted by molar-refractivity contribution is -0.144. The van der Waals surface area contributed by atoms with Gasteiger partial charge in [0.15, 0.2) is 11.3 Å². The molecule has 2 rings (SSSR count). The Hall–Kier alpha value is -2.56. The molecule has 2 aromatic rings. The maximum absolute atomic E-state index is 12.2. The summed E-state index contributed by atoms with van der Waals surface area (Å²) < 4.78 is 5.35. The molecule has 1 aromatic heterocycles. The molecule has 0 bridgehead atoms. The third-order valence-electron chi connectivity index (χ3n) is 3.38. The van der Waals surface area contributed by atoms with Crippen molar-refractivity contribution in [2.75, 3.05) is 0 Å². The van der Waals surface area contributed by atoms with Gasteiger partial charge in [0.25, 0.3) is 5.91 Å². The summed E-state index contributed by atoms with van der Waals surface area (Å²) in [7, 11) is 0. The van der Waals surface area contributed by atoms with Crippen LogP contribution in [0.4, 0.5) is 0 Å². The Labute approximate surface area is 122 Å². The molecule has 0 spiro atoms. The smallest absolute Gasteiger partial charge is 0.333 e. The van der Waals surface area contributed by atoms with E-state index in [0.717, 1.165) is 0 Å². The van der Waals surface area contributed by atoms with Gasteiger partial charge in [-0.3, -0.25) is 4.79 Å². The van der Waals surface area contributed by atoms with Gasteiger partial charge in [0.2, 0.25) is 0 Å². The maximum Gasteiger partial charge on any atom is 0.333 e. The van der Waals surface area contributed by atoms with E-state index in [9.17, 15) is 14.7 Å². The van der Waals surface area contributed by atoms with Crippen molar-refractivity contribution in [2.24, 2.45) is 0 Å². The minimum atomic E-state index is -1.52. The van der Waals surface area contributed by atoms with Gasteiger partial charge in [-0.1, -0.05) is 37.3 Å². The lowest BCUT2D eigenvalue weighted by atomic mass is 9.92. The first-order chi connectivity index (χ1) is 9.97. The summed E-state index contributed by atoms with van der Waals surface area (Å²) in [5, 5.41) is 12.0. The molecule has 0 saturated heterocycles. The first-order valence-electron chi connectivity index (χ1n) is 6.67. The number of furan rings is 1. The molecule has 110 valence electrons. The van der Waals surface area contributed by atoms with Crippen LogP contribution in [0.3, 0.4) is 0 Å². The van der Waals surface area contributed by atoms with Gasteiger partial charge in [-0.2, -0.15) is 0 Å². The molecule has 0 radical (unpaired) electrons. The fourth-order valence-electron chi connectivity index (χ4n) is 2.00. The van der Waals surface area contributed by atoms with Crippen LogP contribution in [-0.4, -0.2) is 17.0 Å². The molecule has 2 N–H and O–H groups in total. The molecule has 21 heavy (non-hydrogen) atoms. The topological polar surface area (TPSA) is 79.5 Å². The summed E-state index contributed by atoms with van der Waals surface area (Å²) in [4.78, 5) is 23.8. The second kappa shape index (κ2) is 5.83. The van der Waals surface area contributed by atoms with Crippen molar-refractivity contribution in [3.8, 4) is 0 Å². The van der Waals surface area contributed by atoms with Crippen molar-refractivity contribution >= 4 is 11.9 Å². The Kier molecular flexibility index (Phi) is 4.12. The number of carbonyl (C=O) groups is 2. The van der Waals surface area contributed by atoms with Crippen molar-refractivity contribution in [1.82, 2.24) is 5.32 Å². The number of carboxylic acid groups (broad SMARTS) is 1. The highest BCUT2D eigenvalue weighted by atomic mass is 16.4. The number of hydrogen-bond donors (Lipinski definition) is 2. The van der Waals surface area contributed by atoms with Crippen molar-refractivity contribution in [1.29, 1.82) is 0 Å². The Morgan fingerprint density at radius 1 is 1.19 bits per heavy atom. The number of nitrogens with one attached hydrogen (secondary N) is 1. The second-order valence-corrected chi connectivity index (χ2v) is 4.87. The van der Waals surface area contributed by atoms with Crippen LogP contribution < -0.4 is 5.32 Å². The van der Waals surface area contributed by atoms with Gasteiger partial charge in [0.05, 0.1) is 0 Å². The summed E-state index contributed by atoms with van der Waals surface area (Å²) in [6.07, 6.45) is 0.669. The van der Waals surface area contributed by atoms with Gasteiger partial charge >= 0.3 is 5.97 Å². The van der Waals surface area contributed by atoms with Crippen LogP contribution in [0, 0.1) is 0 Å². The molecule has 0 aliphatic carbocycles. The lowest BCUT2D eigenvalue weighted by Crippen LogP contribution is -2.49. The number of hydrogen-bond acceptors (Lipinski definition) is 3. The van der Waals surface area contributed by atoms with Gasteiger partial charge in [0.1, 0.15) is 5.76 Å². The first-order valence-corrected chi connectivity index (χ1v) is 6.67. The van der Waals surface area contributed by atoms with Gasteiger partial charge in [0, 0.05) is 6.42 Å². The highest BCUT2D eigenvalue weighted by molar-refractivity contribution is 5.96. The Morgan fingerprint density at radius 3 is 2.38 bits per heavy atom. The molecule has 0 fully saturated rings. The fourth-order valence-corrected chi connectivity index (χ4v) is 2.00. The van der Waals surface area contributed by atoms with Crippen LogP contribution in [0.25, 0.3) is 0 Å². The van der Waals surface area contributed by atoms with Crippen LogP contribution in [0.2, 0.25) is 0 Å². The van der Waals surface area contributed by atoms with E-state index >= 15 is 0 Å². The Morgan fingerprint density at radius 2 is 1.86 bits per heavy atom. The van der Waals surface area contributed by atoms with Crippen molar-refractivity contribution in [2.45, 2.75) is 25.8 Å². The minimum absolute atomic E-state index is 0.107. The summed E-state index contributed by atoms with van der Waals surface area (Å²) in [6.45, 7) is 3.36. The molecule has 0 aliphatic heterocycles. The van der Waals surface area contributed by atoms with E-state index in [0.29, 0.717) is 17.7 Å². The van der Waals surface area contributed by atoms with Crippen LogP contribution in [0.1, 0.15) is 35.7 Å². The fraction of sp³-hybridized carbons (Fsp3) is 0.250. The molecule has 1 heterocycles. The van der Waals surface area contributed by atoms with Crippen molar-refractivity contribution in [3.05, 3.63) is 59.5 Å².